The Morgan fingerprint density at radius 3 is 2.71 bits per heavy atom. The number of para-hydroxylation sites is 1. The number of pyridine rings is 1. The second kappa shape index (κ2) is 4.89. The normalized spacial score (nSPS) is 9.86. The monoisotopic (exact) mass is 315 g/mol. The Morgan fingerprint density at radius 1 is 1.29 bits per heavy atom. The van der Waals surface area contributed by atoms with Gasteiger partial charge in [0.1, 0.15) is 0 Å². The van der Waals surface area contributed by atoms with E-state index in [1.165, 1.54) is 10.9 Å². The predicted octanol–water partition coefficient (Wildman–Crippen LogP) is 4.02. The van der Waals surface area contributed by atoms with Gasteiger partial charge in [0.05, 0.1) is 11.2 Å². The summed E-state index contributed by atoms with van der Waals surface area (Å²) in [5.41, 5.74) is 3.44. The summed E-state index contributed by atoms with van der Waals surface area (Å²) in [5, 5.41) is 2.04. The zero-order valence-electron chi connectivity index (χ0n) is 7.83. The van der Waals surface area contributed by atoms with Crippen LogP contribution in [0, 0.1) is 6.92 Å². The van der Waals surface area contributed by atoms with E-state index in [0.717, 1.165) is 16.5 Å². The SMILES string of the molecule is Br.Cc1cc2ccccc2nc1CBr. The average molecular weight is 317 g/mol. The van der Waals surface area contributed by atoms with E-state index in [1.54, 1.807) is 0 Å². The van der Waals surface area contributed by atoms with Gasteiger partial charge in [-0.25, -0.2) is 0 Å². The molecule has 0 aliphatic heterocycles. The first kappa shape index (κ1) is 11.7. The molecule has 3 heteroatoms. The summed E-state index contributed by atoms with van der Waals surface area (Å²) in [6.45, 7) is 2.09. The Bertz CT molecular complexity index is 440. The summed E-state index contributed by atoms with van der Waals surface area (Å²) in [6, 6.07) is 10.4. The fraction of sp³-hybridized carbons (Fsp3) is 0.182. The van der Waals surface area contributed by atoms with Crippen LogP contribution in [0.15, 0.2) is 30.3 Å². The molecule has 0 saturated carbocycles. The number of alkyl halides is 1. The first-order valence-electron chi connectivity index (χ1n) is 4.22. The van der Waals surface area contributed by atoms with Gasteiger partial charge in [-0.15, -0.1) is 17.0 Å². The second-order valence-electron chi connectivity index (χ2n) is 3.08. The van der Waals surface area contributed by atoms with Crippen LogP contribution in [0.5, 0.6) is 0 Å². The summed E-state index contributed by atoms with van der Waals surface area (Å²) in [5.74, 6) is 0. The minimum Gasteiger partial charge on any atom is -0.252 e. The summed E-state index contributed by atoms with van der Waals surface area (Å²) in [6.07, 6.45) is 0. The zero-order valence-corrected chi connectivity index (χ0v) is 11.1. The number of hydrogen-bond acceptors (Lipinski definition) is 1. The second-order valence-corrected chi connectivity index (χ2v) is 3.64. The van der Waals surface area contributed by atoms with Crippen molar-refractivity contribution in [1.29, 1.82) is 0 Å². The number of nitrogens with zero attached hydrogens (tertiary/aromatic N) is 1. The van der Waals surface area contributed by atoms with Crippen LogP contribution >= 0.6 is 32.9 Å². The number of aryl methyl sites for hydroxylation is 1. The molecule has 0 bridgehead atoms. The molecule has 1 aromatic carbocycles. The molecule has 1 nitrogen and oxygen atoms in total. The van der Waals surface area contributed by atoms with Crippen LogP contribution in [0.2, 0.25) is 0 Å². The lowest BCUT2D eigenvalue weighted by Gasteiger charge is -2.03. The van der Waals surface area contributed by atoms with Crippen molar-refractivity contribution < 1.29 is 0 Å². The average Bonchev–Trinajstić information content (AvgIpc) is 2.17. The molecule has 14 heavy (non-hydrogen) atoms. The number of hydrogen-bond donors (Lipinski definition) is 0. The summed E-state index contributed by atoms with van der Waals surface area (Å²) >= 11 is 3.43. The minimum atomic E-state index is 0. The fourth-order valence-electron chi connectivity index (χ4n) is 1.40. The first-order valence-corrected chi connectivity index (χ1v) is 5.34. The largest absolute Gasteiger partial charge is 0.252 e. The highest BCUT2D eigenvalue weighted by Crippen LogP contribution is 2.17. The Balaban J connectivity index is 0.000000980. The van der Waals surface area contributed by atoms with Crippen molar-refractivity contribution in [3.05, 3.63) is 41.6 Å². The molecule has 0 amide bonds. The molecule has 0 spiro atoms. The van der Waals surface area contributed by atoms with E-state index >= 15 is 0 Å². The lowest BCUT2D eigenvalue weighted by molar-refractivity contribution is 1.18. The first-order chi connectivity index (χ1) is 6.31. The highest BCUT2D eigenvalue weighted by Gasteiger charge is 2.00. The van der Waals surface area contributed by atoms with Crippen LogP contribution in [0.4, 0.5) is 0 Å². The van der Waals surface area contributed by atoms with Crippen molar-refractivity contribution in [2.75, 3.05) is 0 Å². The maximum Gasteiger partial charge on any atom is 0.0705 e. The molecule has 0 N–H and O–H groups in total. The molecule has 74 valence electrons. The lowest BCUT2D eigenvalue weighted by atomic mass is 10.1. The third-order valence-electron chi connectivity index (χ3n) is 2.15. The number of benzene rings is 1. The van der Waals surface area contributed by atoms with Gasteiger partial charge in [-0.3, -0.25) is 4.98 Å². The molecule has 1 heterocycles. The number of halogens is 2. The molecule has 0 radical (unpaired) electrons. The van der Waals surface area contributed by atoms with E-state index in [4.69, 9.17) is 0 Å². The number of aromatic nitrogens is 1. The molecule has 0 aliphatic rings. The van der Waals surface area contributed by atoms with Crippen LogP contribution in [0.3, 0.4) is 0 Å². The van der Waals surface area contributed by atoms with Gasteiger partial charge in [0.15, 0.2) is 0 Å². The topological polar surface area (TPSA) is 12.9 Å². The Labute approximate surface area is 102 Å². The molecule has 0 saturated heterocycles. The number of rotatable bonds is 1. The molecule has 0 fully saturated rings. The van der Waals surface area contributed by atoms with Gasteiger partial charge in [0.2, 0.25) is 0 Å². The van der Waals surface area contributed by atoms with Gasteiger partial charge < -0.3 is 0 Å². The molecule has 0 unspecified atom stereocenters. The van der Waals surface area contributed by atoms with Gasteiger partial charge in [0, 0.05) is 10.7 Å². The minimum absolute atomic E-state index is 0. The lowest BCUT2D eigenvalue weighted by Crippen LogP contribution is -1.90. The van der Waals surface area contributed by atoms with Crippen LogP contribution in [0.25, 0.3) is 10.9 Å². The third-order valence-corrected chi connectivity index (χ3v) is 2.68. The maximum atomic E-state index is 4.55. The van der Waals surface area contributed by atoms with Crippen LogP contribution in [-0.2, 0) is 5.33 Å². The summed E-state index contributed by atoms with van der Waals surface area (Å²) in [4.78, 5) is 4.55. The maximum absolute atomic E-state index is 4.55. The van der Waals surface area contributed by atoms with E-state index in [-0.39, 0.29) is 17.0 Å². The Kier molecular flexibility index (Phi) is 4.08. The molecular formula is C11H11Br2N. The fourth-order valence-corrected chi connectivity index (χ4v) is 1.96. The molecule has 0 aliphatic carbocycles. The van der Waals surface area contributed by atoms with Crippen molar-refractivity contribution in [2.45, 2.75) is 12.3 Å². The van der Waals surface area contributed by atoms with Crippen molar-refractivity contribution >= 4 is 43.8 Å². The Morgan fingerprint density at radius 2 is 2.00 bits per heavy atom. The van der Waals surface area contributed by atoms with E-state index in [9.17, 15) is 0 Å². The van der Waals surface area contributed by atoms with Gasteiger partial charge in [-0.05, 0) is 24.6 Å². The van der Waals surface area contributed by atoms with E-state index < -0.39 is 0 Å². The highest BCUT2D eigenvalue weighted by atomic mass is 79.9. The molecular weight excluding hydrogens is 306 g/mol. The Hall–Kier alpha value is -0.410. The highest BCUT2D eigenvalue weighted by molar-refractivity contribution is 9.08. The number of fused-ring (bicyclic) bond motifs is 1. The van der Waals surface area contributed by atoms with Crippen molar-refractivity contribution in [3.8, 4) is 0 Å². The molecule has 2 aromatic rings. The van der Waals surface area contributed by atoms with Crippen molar-refractivity contribution in [1.82, 2.24) is 4.98 Å². The predicted molar refractivity (Wildman–Crippen MR) is 69.4 cm³/mol. The van der Waals surface area contributed by atoms with Crippen LogP contribution < -0.4 is 0 Å². The van der Waals surface area contributed by atoms with Crippen LogP contribution in [0.1, 0.15) is 11.3 Å². The quantitative estimate of drug-likeness (QED) is 0.724. The zero-order chi connectivity index (χ0) is 9.26. The molecule has 1 aromatic heterocycles. The van der Waals surface area contributed by atoms with Crippen LogP contribution in [-0.4, -0.2) is 4.98 Å². The standard InChI is InChI=1S/C11H10BrN.BrH/c1-8-6-9-4-2-3-5-10(9)13-11(8)7-12;/h2-6H,7H2,1H3;1H. The molecule has 2 rings (SSSR count). The van der Waals surface area contributed by atoms with Gasteiger partial charge in [-0.1, -0.05) is 34.1 Å². The van der Waals surface area contributed by atoms with E-state index in [0.29, 0.717) is 0 Å². The van der Waals surface area contributed by atoms with E-state index in [2.05, 4.69) is 40.0 Å². The van der Waals surface area contributed by atoms with E-state index in [1.807, 2.05) is 18.2 Å². The van der Waals surface area contributed by atoms with Gasteiger partial charge in [0.25, 0.3) is 0 Å². The summed E-state index contributed by atoms with van der Waals surface area (Å²) < 4.78 is 0. The van der Waals surface area contributed by atoms with Crippen molar-refractivity contribution in [2.24, 2.45) is 0 Å². The summed E-state index contributed by atoms with van der Waals surface area (Å²) in [7, 11) is 0. The smallest absolute Gasteiger partial charge is 0.0705 e. The van der Waals surface area contributed by atoms with Gasteiger partial charge >= 0.3 is 0 Å². The van der Waals surface area contributed by atoms with Gasteiger partial charge in [-0.2, -0.15) is 0 Å². The third kappa shape index (κ3) is 2.15. The molecule has 0 atom stereocenters. The van der Waals surface area contributed by atoms with Crippen molar-refractivity contribution in [3.63, 3.8) is 0 Å².